The Morgan fingerprint density at radius 1 is 1.48 bits per heavy atom. The number of aromatic nitrogens is 4. The summed E-state index contributed by atoms with van der Waals surface area (Å²) >= 11 is 5.93. The molecule has 148 valence electrons. The van der Waals surface area contributed by atoms with Crippen molar-refractivity contribution in [3.8, 4) is 0 Å². The number of nitrogen functional groups attached to an aromatic ring is 1. The molecular formula is C16H23ClN5O4P. The second kappa shape index (κ2) is 6.39. The van der Waals surface area contributed by atoms with E-state index in [0.717, 1.165) is 6.42 Å². The average molecular weight is 416 g/mol. The van der Waals surface area contributed by atoms with Gasteiger partial charge >= 0.3 is 0 Å². The molecule has 2 fully saturated rings. The molecule has 6 atom stereocenters. The van der Waals surface area contributed by atoms with E-state index in [-0.39, 0.29) is 17.0 Å². The fourth-order valence-electron chi connectivity index (χ4n) is 4.59. The minimum absolute atomic E-state index is 0.000446. The lowest BCUT2D eigenvalue weighted by atomic mass is 9.96. The van der Waals surface area contributed by atoms with Crippen molar-refractivity contribution in [3.05, 3.63) is 11.6 Å². The van der Waals surface area contributed by atoms with Crippen molar-refractivity contribution in [1.29, 1.82) is 0 Å². The Morgan fingerprint density at radius 2 is 2.22 bits per heavy atom. The number of halogens is 1. The summed E-state index contributed by atoms with van der Waals surface area (Å²) in [6.07, 6.45) is 1.28. The number of nitrogens with two attached hydrogens (primary N) is 1. The minimum atomic E-state index is -2.71. The highest BCUT2D eigenvalue weighted by Crippen LogP contribution is 2.70. The number of nitrogens with zero attached hydrogens (tertiary/aromatic N) is 4. The maximum Gasteiger partial charge on any atom is 0.226 e. The molecule has 4 N–H and O–H groups in total. The normalized spacial score (nSPS) is 34.6. The van der Waals surface area contributed by atoms with Crippen molar-refractivity contribution in [3.63, 3.8) is 0 Å². The third kappa shape index (κ3) is 2.96. The first kappa shape index (κ1) is 19.1. The fraction of sp³-hybridized carbons (Fsp3) is 0.688. The van der Waals surface area contributed by atoms with Crippen molar-refractivity contribution in [2.45, 2.75) is 38.0 Å². The van der Waals surface area contributed by atoms with Gasteiger partial charge in [0.25, 0.3) is 0 Å². The lowest BCUT2D eigenvalue weighted by Crippen LogP contribution is -2.34. The predicted molar refractivity (Wildman–Crippen MR) is 101 cm³/mol. The summed E-state index contributed by atoms with van der Waals surface area (Å²) in [6.45, 7) is 3.81. The summed E-state index contributed by atoms with van der Waals surface area (Å²) in [5.74, 6) is 0.193. The molecule has 0 saturated heterocycles. The summed E-state index contributed by atoms with van der Waals surface area (Å²) in [5, 5.41) is 21.5. The molecule has 2 aliphatic rings. The van der Waals surface area contributed by atoms with Gasteiger partial charge in [-0.25, -0.2) is 4.98 Å². The summed E-state index contributed by atoms with van der Waals surface area (Å²) < 4.78 is 19.5. The van der Waals surface area contributed by atoms with E-state index < -0.39 is 31.0 Å². The Morgan fingerprint density at radius 3 is 2.93 bits per heavy atom. The van der Waals surface area contributed by atoms with Gasteiger partial charge in [0.2, 0.25) is 5.28 Å². The third-order valence-corrected chi connectivity index (χ3v) is 7.99. The maximum absolute atomic E-state index is 12.5. The molecule has 1 unspecified atom stereocenters. The molecule has 0 bridgehead atoms. The highest BCUT2D eigenvalue weighted by Gasteiger charge is 2.71. The highest BCUT2D eigenvalue weighted by atomic mass is 35.5. The molecule has 2 aromatic heterocycles. The van der Waals surface area contributed by atoms with Crippen LogP contribution >= 0.6 is 19.0 Å². The molecule has 0 aromatic carbocycles. The quantitative estimate of drug-likeness (QED) is 0.478. The zero-order valence-electron chi connectivity index (χ0n) is 15.1. The van der Waals surface area contributed by atoms with Crippen LogP contribution in [0, 0.1) is 11.3 Å². The molecule has 2 aliphatic carbocycles. The zero-order chi connectivity index (χ0) is 19.6. The van der Waals surface area contributed by atoms with Crippen LogP contribution in [0.2, 0.25) is 5.28 Å². The van der Waals surface area contributed by atoms with E-state index >= 15 is 0 Å². The molecule has 27 heavy (non-hydrogen) atoms. The number of fused-ring (bicyclic) bond motifs is 2. The van der Waals surface area contributed by atoms with Crippen LogP contribution in [0.5, 0.6) is 0 Å². The van der Waals surface area contributed by atoms with Crippen molar-refractivity contribution in [2.75, 3.05) is 25.2 Å². The first-order chi connectivity index (χ1) is 12.7. The summed E-state index contributed by atoms with van der Waals surface area (Å²) in [7, 11) is -2.71. The Kier molecular flexibility index (Phi) is 4.51. The van der Waals surface area contributed by atoms with Gasteiger partial charge in [0, 0.05) is 18.2 Å². The van der Waals surface area contributed by atoms with E-state index in [1.165, 1.54) is 0 Å². The van der Waals surface area contributed by atoms with E-state index in [4.69, 9.17) is 21.9 Å². The van der Waals surface area contributed by atoms with Gasteiger partial charge in [0.05, 0.1) is 25.1 Å². The molecule has 11 heteroatoms. The van der Waals surface area contributed by atoms with Gasteiger partial charge in [-0.1, -0.05) is 0 Å². The van der Waals surface area contributed by atoms with Gasteiger partial charge in [0.15, 0.2) is 18.8 Å². The van der Waals surface area contributed by atoms with Crippen molar-refractivity contribution < 1.29 is 19.3 Å². The number of imidazole rings is 1. The van der Waals surface area contributed by atoms with Gasteiger partial charge in [0.1, 0.15) is 11.6 Å². The average Bonchev–Trinajstić information content (AvgIpc) is 3.09. The summed E-state index contributed by atoms with van der Waals surface area (Å²) in [4.78, 5) is 12.3. The monoisotopic (exact) mass is 415 g/mol. The lowest BCUT2D eigenvalue weighted by Gasteiger charge is -2.25. The van der Waals surface area contributed by atoms with E-state index in [0.29, 0.717) is 30.4 Å². The zero-order valence-corrected chi connectivity index (χ0v) is 16.8. The van der Waals surface area contributed by atoms with E-state index in [1.54, 1.807) is 24.5 Å². The van der Waals surface area contributed by atoms with Crippen LogP contribution in [0.25, 0.3) is 11.2 Å². The Balaban J connectivity index is 1.63. The van der Waals surface area contributed by atoms with Crippen LogP contribution in [0.4, 0.5) is 5.82 Å². The van der Waals surface area contributed by atoms with Crippen LogP contribution in [-0.2, 0) is 9.09 Å². The van der Waals surface area contributed by atoms with Crippen LogP contribution in [0.1, 0.15) is 25.8 Å². The number of hydrogen-bond donors (Lipinski definition) is 3. The van der Waals surface area contributed by atoms with Crippen molar-refractivity contribution >= 4 is 36.0 Å². The lowest BCUT2D eigenvalue weighted by molar-refractivity contribution is -0.0182. The molecule has 4 rings (SSSR count). The van der Waals surface area contributed by atoms with Crippen molar-refractivity contribution in [1.82, 2.24) is 19.5 Å². The fourth-order valence-corrected chi connectivity index (χ4v) is 6.26. The molecular weight excluding hydrogens is 393 g/mol. The number of rotatable bonds is 6. The van der Waals surface area contributed by atoms with Crippen LogP contribution in [0.3, 0.4) is 0 Å². The van der Waals surface area contributed by atoms with Gasteiger partial charge in [-0.15, -0.1) is 0 Å². The molecule has 0 radical (unpaired) electrons. The van der Waals surface area contributed by atoms with Gasteiger partial charge < -0.3 is 25.0 Å². The topological polar surface area (TPSA) is 136 Å². The Labute approximate surface area is 161 Å². The Bertz CT molecular complexity index is 939. The molecule has 2 heterocycles. The maximum atomic E-state index is 12.5. The number of hydrogen-bond acceptors (Lipinski definition) is 8. The van der Waals surface area contributed by atoms with Gasteiger partial charge in [-0.05, 0) is 37.3 Å². The number of anilines is 1. The highest BCUT2D eigenvalue weighted by molar-refractivity contribution is 7.58. The van der Waals surface area contributed by atoms with Gasteiger partial charge in [-0.2, -0.15) is 9.97 Å². The van der Waals surface area contributed by atoms with Crippen LogP contribution in [0.15, 0.2) is 6.33 Å². The largest absolute Gasteiger partial charge is 0.390 e. The third-order valence-electron chi connectivity index (χ3n) is 5.98. The first-order valence-electron chi connectivity index (χ1n) is 8.93. The predicted octanol–water partition coefficient (Wildman–Crippen LogP) is 1.68. The molecule has 0 spiro atoms. The molecule has 0 aliphatic heterocycles. The van der Waals surface area contributed by atoms with E-state index in [2.05, 4.69) is 15.0 Å². The first-order valence-corrected chi connectivity index (χ1v) is 11.6. The second-order valence-electron chi connectivity index (χ2n) is 7.58. The van der Waals surface area contributed by atoms with Crippen LogP contribution < -0.4 is 5.73 Å². The van der Waals surface area contributed by atoms with Crippen molar-refractivity contribution in [2.24, 2.45) is 11.3 Å². The van der Waals surface area contributed by atoms with Gasteiger partial charge in [-0.3, -0.25) is 4.57 Å². The molecule has 2 saturated carbocycles. The standard InChI is InChI=1S/C16H23ClN5O4P/c1-3-26-27(2,25)5-4-16-6-8(16)10(11(23)12(16)24)22-7-19-9-13(18)20-15(17)21-14(9)22/h7-8,10-12,23-24H,3-6H2,1-2H3,(H2,18,20,21)/t8-,10-,11+,12+,16+,27?/m1/s1. The smallest absolute Gasteiger partial charge is 0.226 e. The number of aliphatic hydroxyl groups is 2. The SMILES string of the molecule is CCOP(C)(=O)CC[C@]12C[C@@H]1[C@@H](n1cnc3c(N)nc(Cl)nc31)[C@H](O)[C@@H]2O. The summed E-state index contributed by atoms with van der Waals surface area (Å²) in [6, 6.07) is -0.404. The number of aliphatic hydroxyl groups excluding tert-OH is 2. The molecule has 2 aromatic rings. The van der Waals surface area contributed by atoms with E-state index in [9.17, 15) is 14.8 Å². The Hall–Kier alpha value is -1.25. The van der Waals surface area contributed by atoms with Crippen LogP contribution in [-0.4, -0.2) is 61.4 Å². The minimum Gasteiger partial charge on any atom is -0.390 e. The van der Waals surface area contributed by atoms with E-state index in [1.807, 2.05) is 0 Å². The second-order valence-corrected chi connectivity index (χ2v) is 10.6. The molecule has 0 amide bonds. The summed E-state index contributed by atoms with van der Waals surface area (Å²) in [5.41, 5.74) is 6.23. The molecule has 9 nitrogen and oxygen atoms in total.